The van der Waals surface area contributed by atoms with Gasteiger partial charge in [0.2, 0.25) is 0 Å². The molecule has 0 aliphatic heterocycles. The van der Waals surface area contributed by atoms with Gasteiger partial charge in [-0.1, -0.05) is 22.9 Å². The van der Waals surface area contributed by atoms with E-state index < -0.39 is 0 Å². The molecule has 0 aliphatic carbocycles. The van der Waals surface area contributed by atoms with E-state index in [0.717, 1.165) is 47.6 Å². The normalized spacial score (nSPS) is 10.8. The SMILES string of the molecule is CCCOc1ccc(Br)cc1CNCc1ccn(C)n1. The molecule has 2 rings (SSSR count). The van der Waals surface area contributed by atoms with E-state index in [1.165, 1.54) is 0 Å². The zero-order valence-corrected chi connectivity index (χ0v) is 13.5. The topological polar surface area (TPSA) is 39.1 Å². The molecular weight excluding hydrogens is 318 g/mol. The Kier molecular flexibility index (Phi) is 5.61. The van der Waals surface area contributed by atoms with Gasteiger partial charge in [-0.15, -0.1) is 0 Å². The van der Waals surface area contributed by atoms with Gasteiger partial charge in [0.1, 0.15) is 5.75 Å². The molecule has 0 bridgehead atoms. The van der Waals surface area contributed by atoms with Crippen molar-refractivity contribution in [3.63, 3.8) is 0 Å². The first-order valence-electron chi connectivity index (χ1n) is 6.79. The van der Waals surface area contributed by atoms with Crippen LogP contribution in [0.2, 0.25) is 0 Å². The van der Waals surface area contributed by atoms with Crippen LogP contribution in [0.5, 0.6) is 5.75 Å². The minimum Gasteiger partial charge on any atom is -0.493 e. The molecule has 0 fully saturated rings. The molecule has 1 aromatic carbocycles. The van der Waals surface area contributed by atoms with Crippen LogP contribution in [0.3, 0.4) is 0 Å². The van der Waals surface area contributed by atoms with Crippen molar-refractivity contribution in [1.82, 2.24) is 15.1 Å². The molecule has 0 aliphatic rings. The first-order chi connectivity index (χ1) is 9.69. The van der Waals surface area contributed by atoms with Gasteiger partial charge in [0.25, 0.3) is 0 Å². The van der Waals surface area contributed by atoms with Crippen molar-refractivity contribution in [2.45, 2.75) is 26.4 Å². The molecule has 0 spiro atoms. The molecule has 2 aromatic rings. The first kappa shape index (κ1) is 15.1. The molecule has 0 radical (unpaired) electrons. The molecule has 0 unspecified atom stereocenters. The van der Waals surface area contributed by atoms with E-state index in [1.54, 1.807) is 0 Å². The van der Waals surface area contributed by atoms with Crippen LogP contribution >= 0.6 is 15.9 Å². The highest BCUT2D eigenvalue weighted by atomic mass is 79.9. The highest BCUT2D eigenvalue weighted by Gasteiger charge is 2.05. The number of nitrogens with one attached hydrogen (secondary N) is 1. The summed E-state index contributed by atoms with van der Waals surface area (Å²) in [7, 11) is 1.93. The van der Waals surface area contributed by atoms with E-state index in [2.05, 4.69) is 39.3 Å². The number of halogens is 1. The van der Waals surface area contributed by atoms with Crippen LogP contribution in [-0.4, -0.2) is 16.4 Å². The fourth-order valence-corrected chi connectivity index (χ4v) is 2.33. The fraction of sp³-hybridized carbons (Fsp3) is 0.400. The second kappa shape index (κ2) is 7.45. The summed E-state index contributed by atoms with van der Waals surface area (Å²) < 4.78 is 8.64. The van der Waals surface area contributed by atoms with E-state index >= 15 is 0 Å². The number of ether oxygens (including phenoxy) is 1. The van der Waals surface area contributed by atoms with Gasteiger partial charge in [-0.3, -0.25) is 4.68 Å². The Hall–Kier alpha value is -1.33. The molecule has 1 aromatic heterocycles. The Morgan fingerprint density at radius 2 is 2.15 bits per heavy atom. The quantitative estimate of drug-likeness (QED) is 0.842. The van der Waals surface area contributed by atoms with Gasteiger partial charge in [0, 0.05) is 36.4 Å². The van der Waals surface area contributed by atoms with Crippen LogP contribution in [0.15, 0.2) is 34.9 Å². The summed E-state index contributed by atoms with van der Waals surface area (Å²) in [5.74, 6) is 0.948. The Morgan fingerprint density at radius 1 is 1.30 bits per heavy atom. The van der Waals surface area contributed by atoms with Gasteiger partial charge >= 0.3 is 0 Å². The largest absolute Gasteiger partial charge is 0.493 e. The van der Waals surface area contributed by atoms with Crippen molar-refractivity contribution in [2.24, 2.45) is 7.05 Å². The summed E-state index contributed by atoms with van der Waals surface area (Å²) in [4.78, 5) is 0. The number of aryl methyl sites for hydroxylation is 1. The van der Waals surface area contributed by atoms with E-state index in [4.69, 9.17) is 4.74 Å². The zero-order chi connectivity index (χ0) is 14.4. The summed E-state index contributed by atoms with van der Waals surface area (Å²) in [5.41, 5.74) is 2.20. The van der Waals surface area contributed by atoms with E-state index in [1.807, 2.05) is 36.1 Å². The molecule has 0 saturated heterocycles. The second-order valence-electron chi connectivity index (χ2n) is 4.68. The Bertz CT molecular complexity index is 554. The average Bonchev–Trinajstić information content (AvgIpc) is 2.84. The molecule has 0 amide bonds. The van der Waals surface area contributed by atoms with Gasteiger partial charge in [-0.25, -0.2) is 0 Å². The number of benzene rings is 1. The summed E-state index contributed by atoms with van der Waals surface area (Å²) >= 11 is 3.51. The zero-order valence-electron chi connectivity index (χ0n) is 11.9. The maximum Gasteiger partial charge on any atom is 0.123 e. The van der Waals surface area contributed by atoms with Crippen LogP contribution in [-0.2, 0) is 20.1 Å². The third-order valence-corrected chi connectivity index (χ3v) is 3.37. The second-order valence-corrected chi connectivity index (χ2v) is 5.60. The molecular formula is C15H20BrN3O. The van der Waals surface area contributed by atoms with Gasteiger partial charge in [-0.2, -0.15) is 5.10 Å². The molecule has 20 heavy (non-hydrogen) atoms. The summed E-state index contributed by atoms with van der Waals surface area (Å²) in [5, 5.41) is 7.74. The average molecular weight is 338 g/mol. The third-order valence-electron chi connectivity index (χ3n) is 2.87. The lowest BCUT2D eigenvalue weighted by molar-refractivity contribution is 0.313. The van der Waals surface area contributed by atoms with E-state index in [-0.39, 0.29) is 0 Å². The third kappa shape index (κ3) is 4.35. The number of rotatable bonds is 7. The highest BCUT2D eigenvalue weighted by molar-refractivity contribution is 9.10. The molecule has 4 nitrogen and oxygen atoms in total. The smallest absolute Gasteiger partial charge is 0.123 e. The molecule has 108 valence electrons. The van der Waals surface area contributed by atoms with E-state index in [9.17, 15) is 0 Å². The number of nitrogens with zero attached hydrogens (tertiary/aromatic N) is 2. The maximum atomic E-state index is 5.77. The molecule has 0 atom stereocenters. The van der Waals surface area contributed by atoms with Gasteiger partial charge in [-0.05, 0) is 30.7 Å². The minimum absolute atomic E-state index is 0.745. The van der Waals surface area contributed by atoms with Crippen molar-refractivity contribution in [1.29, 1.82) is 0 Å². The standard InChI is InChI=1S/C15H20BrN3O/c1-3-8-20-15-5-4-13(16)9-12(15)10-17-11-14-6-7-19(2)18-14/h4-7,9,17H,3,8,10-11H2,1-2H3. The number of hydrogen-bond acceptors (Lipinski definition) is 3. The van der Waals surface area contributed by atoms with E-state index in [0.29, 0.717) is 0 Å². The monoisotopic (exact) mass is 337 g/mol. The Morgan fingerprint density at radius 3 is 2.85 bits per heavy atom. The molecule has 1 heterocycles. The van der Waals surface area contributed by atoms with Crippen molar-refractivity contribution in [3.05, 3.63) is 46.2 Å². The fourth-order valence-electron chi connectivity index (χ4n) is 1.92. The Labute approximate surface area is 128 Å². The Balaban J connectivity index is 1.95. The lowest BCUT2D eigenvalue weighted by Crippen LogP contribution is -2.14. The highest BCUT2D eigenvalue weighted by Crippen LogP contribution is 2.23. The minimum atomic E-state index is 0.745. The van der Waals surface area contributed by atoms with Gasteiger partial charge in [0.05, 0.1) is 12.3 Å². The predicted octanol–water partition coefficient (Wildman–Crippen LogP) is 3.26. The molecule has 5 heteroatoms. The lowest BCUT2D eigenvalue weighted by Gasteiger charge is -2.12. The van der Waals surface area contributed by atoms with Crippen LogP contribution in [0.25, 0.3) is 0 Å². The molecule has 1 N–H and O–H groups in total. The maximum absolute atomic E-state index is 5.77. The molecule has 0 saturated carbocycles. The van der Waals surface area contributed by atoms with Crippen LogP contribution in [0.4, 0.5) is 0 Å². The van der Waals surface area contributed by atoms with Crippen LogP contribution < -0.4 is 10.1 Å². The first-order valence-corrected chi connectivity index (χ1v) is 7.59. The van der Waals surface area contributed by atoms with Gasteiger partial charge < -0.3 is 10.1 Å². The number of hydrogen-bond donors (Lipinski definition) is 1. The van der Waals surface area contributed by atoms with Crippen LogP contribution in [0.1, 0.15) is 24.6 Å². The number of aromatic nitrogens is 2. The summed E-state index contributed by atoms with van der Waals surface area (Å²) in [6.07, 6.45) is 2.96. The van der Waals surface area contributed by atoms with Crippen molar-refractivity contribution < 1.29 is 4.74 Å². The van der Waals surface area contributed by atoms with Crippen molar-refractivity contribution in [3.8, 4) is 5.75 Å². The predicted molar refractivity (Wildman–Crippen MR) is 83.7 cm³/mol. The summed E-state index contributed by atoms with van der Waals surface area (Å²) in [6.45, 7) is 4.36. The van der Waals surface area contributed by atoms with Crippen molar-refractivity contribution in [2.75, 3.05) is 6.61 Å². The van der Waals surface area contributed by atoms with Gasteiger partial charge in [0.15, 0.2) is 0 Å². The summed E-state index contributed by atoms with van der Waals surface area (Å²) in [6, 6.07) is 8.13. The van der Waals surface area contributed by atoms with Crippen molar-refractivity contribution >= 4 is 15.9 Å². The lowest BCUT2D eigenvalue weighted by atomic mass is 10.2. The van der Waals surface area contributed by atoms with Crippen LogP contribution in [0, 0.1) is 0 Å².